The number of methoxy groups -OCH3 is 2. The maximum atomic E-state index is 12.6. The van der Waals surface area contributed by atoms with Crippen LogP contribution in [0.1, 0.15) is 18.4 Å². The zero-order chi connectivity index (χ0) is 16.1. The lowest BCUT2D eigenvalue weighted by Gasteiger charge is -2.34. The Hall–Kier alpha value is -2.05. The molecule has 1 aromatic carbocycles. The number of fused-ring (bicyclic) bond motifs is 2. The second kappa shape index (κ2) is 4.97. The third kappa shape index (κ3) is 1.98. The molecule has 1 aliphatic carbocycles. The second-order valence-corrected chi connectivity index (χ2v) is 5.91. The van der Waals surface area contributed by atoms with Crippen LogP contribution in [0, 0.1) is 0 Å². The lowest BCUT2D eigenvalue weighted by molar-refractivity contribution is -0.144. The molecule has 0 amide bonds. The van der Waals surface area contributed by atoms with Crippen LogP contribution in [0.5, 0.6) is 17.2 Å². The summed E-state index contributed by atoms with van der Waals surface area (Å²) in [6.07, 6.45) is 4.86. The summed E-state index contributed by atoms with van der Waals surface area (Å²) in [7, 11) is 3.12. The van der Waals surface area contributed by atoms with E-state index in [2.05, 4.69) is 0 Å². The van der Waals surface area contributed by atoms with Gasteiger partial charge in [0.05, 0.1) is 27.4 Å². The molecule has 1 fully saturated rings. The molecule has 0 N–H and O–H groups in total. The quantitative estimate of drug-likeness (QED) is 0.472. The Morgan fingerprint density at radius 1 is 1.00 bits per heavy atom. The van der Waals surface area contributed by atoms with Gasteiger partial charge in [-0.05, 0) is 18.6 Å². The first-order valence-corrected chi connectivity index (χ1v) is 7.60. The second-order valence-electron chi connectivity index (χ2n) is 5.91. The maximum Gasteiger partial charge on any atom is 0.326 e. The van der Waals surface area contributed by atoms with E-state index in [-0.39, 0.29) is 5.97 Å². The standard InChI is InChI=1S/C17H18O6/c1-19-13-9-11-12(10-14(13)20-2)23-15(18)16(11)3-5-17(6-4-16)21-7-8-22-17/h3,5,9-10H,4,6-8H2,1-2H3/t16-/m0/s1. The molecule has 1 atom stereocenters. The van der Waals surface area contributed by atoms with Gasteiger partial charge in [-0.25, -0.2) is 0 Å². The molecule has 0 aromatic heterocycles. The number of ether oxygens (including phenoxy) is 5. The Labute approximate surface area is 133 Å². The number of hydrogen-bond donors (Lipinski definition) is 0. The van der Waals surface area contributed by atoms with Crippen molar-refractivity contribution >= 4 is 5.97 Å². The summed E-state index contributed by atoms with van der Waals surface area (Å²) >= 11 is 0. The van der Waals surface area contributed by atoms with Crippen LogP contribution in [0.4, 0.5) is 0 Å². The summed E-state index contributed by atoms with van der Waals surface area (Å²) in [5.41, 5.74) is -0.0145. The Kier molecular flexibility index (Phi) is 3.14. The molecule has 0 bridgehead atoms. The van der Waals surface area contributed by atoms with Crippen LogP contribution in [0.2, 0.25) is 0 Å². The maximum absolute atomic E-state index is 12.6. The van der Waals surface area contributed by atoms with Gasteiger partial charge in [-0.15, -0.1) is 0 Å². The summed E-state index contributed by atoms with van der Waals surface area (Å²) in [5, 5.41) is 0. The van der Waals surface area contributed by atoms with Crippen molar-refractivity contribution in [2.45, 2.75) is 24.0 Å². The van der Waals surface area contributed by atoms with Gasteiger partial charge in [-0.1, -0.05) is 6.08 Å². The minimum absolute atomic E-state index is 0.285. The van der Waals surface area contributed by atoms with Crippen molar-refractivity contribution in [1.82, 2.24) is 0 Å². The minimum Gasteiger partial charge on any atom is -0.493 e. The molecule has 6 heteroatoms. The highest BCUT2D eigenvalue weighted by atomic mass is 16.7. The van der Waals surface area contributed by atoms with Gasteiger partial charge in [0.15, 0.2) is 17.3 Å². The molecule has 2 aliphatic heterocycles. The molecule has 6 nitrogen and oxygen atoms in total. The fourth-order valence-electron chi connectivity index (χ4n) is 3.51. The van der Waals surface area contributed by atoms with Crippen LogP contribution in [-0.2, 0) is 19.7 Å². The summed E-state index contributed by atoms with van der Waals surface area (Å²) in [4.78, 5) is 12.6. The van der Waals surface area contributed by atoms with Gasteiger partial charge in [0.2, 0.25) is 0 Å². The van der Waals surface area contributed by atoms with Gasteiger partial charge in [-0.2, -0.15) is 0 Å². The molecule has 23 heavy (non-hydrogen) atoms. The van der Waals surface area contributed by atoms with E-state index in [1.807, 2.05) is 18.2 Å². The van der Waals surface area contributed by atoms with Crippen molar-refractivity contribution in [1.29, 1.82) is 0 Å². The fourth-order valence-corrected chi connectivity index (χ4v) is 3.51. The zero-order valence-electron chi connectivity index (χ0n) is 13.1. The fraction of sp³-hybridized carbons (Fsp3) is 0.471. The smallest absolute Gasteiger partial charge is 0.326 e. The van der Waals surface area contributed by atoms with Gasteiger partial charge in [0, 0.05) is 18.1 Å². The molecule has 2 heterocycles. The first-order chi connectivity index (χ1) is 11.1. The lowest BCUT2D eigenvalue weighted by atomic mass is 9.73. The third-order valence-corrected chi connectivity index (χ3v) is 4.80. The van der Waals surface area contributed by atoms with E-state index in [9.17, 15) is 4.79 Å². The number of rotatable bonds is 2. The topological polar surface area (TPSA) is 63.2 Å². The number of esters is 1. The number of benzene rings is 1. The molecular weight excluding hydrogens is 300 g/mol. The van der Waals surface area contributed by atoms with E-state index in [0.717, 1.165) is 5.56 Å². The van der Waals surface area contributed by atoms with Gasteiger partial charge < -0.3 is 23.7 Å². The Bertz CT molecular complexity index is 689. The van der Waals surface area contributed by atoms with Gasteiger partial charge in [-0.3, -0.25) is 4.79 Å². The highest BCUT2D eigenvalue weighted by Crippen LogP contribution is 2.51. The van der Waals surface area contributed by atoms with Crippen molar-refractivity contribution in [3.05, 3.63) is 29.8 Å². The van der Waals surface area contributed by atoms with Crippen molar-refractivity contribution in [3.8, 4) is 17.2 Å². The molecule has 3 aliphatic rings. The molecule has 122 valence electrons. The number of hydrogen-bond acceptors (Lipinski definition) is 6. The molecule has 2 spiro atoms. The Morgan fingerprint density at radius 3 is 2.30 bits per heavy atom. The Morgan fingerprint density at radius 2 is 1.70 bits per heavy atom. The van der Waals surface area contributed by atoms with Gasteiger partial charge in [0.25, 0.3) is 0 Å². The zero-order valence-corrected chi connectivity index (χ0v) is 13.1. The molecular formula is C17H18O6. The monoisotopic (exact) mass is 318 g/mol. The molecule has 0 saturated carbocycles. The summed E-state index contributed by atoms with van der Waals surface area (Å²) in [6.45, 7) is 1.15. The summed E-state index contributed by atoms with van der Waals surface area (Å²) < 4.78 is 27.5. The van der Waals surface area contributed by atoms with E-state index in [0.29, 0.717) is 43.3 Å². The lowest BCUT2D eigenvalue weighted by Crippen LogP contribution is -2.41. The van der Waals surface area contributed by atoms with Gasteiger partial charge in [0.1, 0.15) is 11.2 Å². The predicted molar refractivity (Wildman–Crippen MR) is 79.9 cm³/mol. The molecule has 1 aromatic rings. The first-order valence-electron chi connectivity index (χ1n) is 7.60. The van der Waals surface area contributed by atoms with E-state index >= 15 is 0 Å². The van der Waals surface area contributed by atoms with E-state index < -0.39 is 11.2 Å². The molecule has 0 unspecified atom stereocenters. The van der Waals surface area contributed by atoms with E-state index in [1.54, 1.807) is 20.3 Å². The summed E-state index contributed by atoms with van der Waals surface area (Å²) in [6, 6.07) is 3.51. The molecule has 4 rings (SSSR count). The largest absolute Gasteiger partial charge is 0.493 e. The van der Waals surface area contributed by atoms with Crippen LogP contribution in [-0.4, -0.2) is 39.2 Å². The summed E-state index contributed by atoms with van der Waals surface area (Å²) in [5.74, 6) is 0.652. The number of carbonyl (C=O) groups is 1. The number of carbonyl (C=O) groups excluding carboxylic acids is 1. The minimum atomic E-state index is -0.810. The van der Waals surface area contributed by atoms with Crippen LogP contribution >= 0.6 is 0 Å². The van der Waals surface area contributed by atoms with Crippen molar-refractivity contribution in [2.24, 2.45) is 0 Å². The molecule has 0 radical (unpaired) electrons. The van der Waals surface area contributed by atoms with Crippen LogP contribution in [0.25, 0.3) is 0 Å². The van der Waals surface area contributed by atoms with Crippen molar-refractivity contribution < 1.29 is 28.5 Å². The first kappa shape index (κ1) is 14.5. The van der Waals surface area contributed by atoms with E-state index in [1.165, 1.54) is 0 Å². The van der Waals surface area contributed by atoms with Gasteiger partial charge >= 0.3 is 5.97 Å². The van der Waals surface area contributed by atoms with Crippen LogP contribution in [0.15, 0.2) is 24.3 Å². The SMILES string of the molecule is COc1cc2c(cc1OC)[C@@]1(C=CC3(CC1)OCCO3)C(=O)O2. The third-order valence-electron chi connectivity index (χ3n) is 4.80. The van der Waals surface area contributed by atoms with Crippen LogP contribution < -0.4 is 14.2 Å². The van der Waals surface area contributed by atoms with Crippen LogP contribution in [0.3, 0.4) is 0 Å². The highest BCUT2D eigenvalue weighted by Gasteiger charge is 2.53. The predicted octanol–water partition coefficient (Wildman–Crippen LogP) is 1.95. The molecule has 1 saturated heterocycles. The van der Waals surface area contributed by atoms with E-state index in [4.69, 9.17) is 23.7 Å². The average Bonchev–Trinajstić information content (AvgIpc) is 3.13. The average molecular weight is 318 g/mol. The van der Waals surface area contributed by atoms with Crippen molar-refractivity contribution in [3.63, 3.8) is 0 Å². The normalized spacial score (nSPS) is 27.3. The Balaban J connectivity index is 1.79. The highest BCUT2D eigenvalue weighted by molar-refractivity contribution is 5.93. The van der Waals surface area contributed by atoms with Crippen molar-refractivity contribution in [2.75, 3.05) is 27.4 Å².